The molecular formula is C16H28N2O. The van der Waals surface area contributed by atoms with Gasteiger partial charge in [0.2, 0.25) is 0 Å². The third kappa shape index (κ3) is 3.48. The zero-order chi connectivity index (χ0) is 14.6. The SMILES string of the molecule is COc1cc(C)c(C(C)C(C)C(CN)CN)c(C)c1. The largest absolute Gasteiger partial charge is 0.497 e. The van der Waals surface area contributed by atoms with Gasteiger partial charge in [-0.25, -0.2) is 0 Å². The predicted molar refractivity (Wildman–Crippen MR) is 81.6 cm³/mol. The summed E-state index contributed by atoms with van der Waals surface area (Å²) in [6.45, 7) is 10.1. The molecule has 1 rings (SSSR count). The number of benzene rings is 1. The minimum atomic E-state index is 0.371. The second kappa shape index (κ2) is 6.92. The van der Waals surface area contributed by atoms with Crippen molar-refractivity contribution >= 4 is 0 Å². The summed E-state index contributed by atoms with van der Waals surface area (Å²) in [5, 5.41) is 0. The van der Waals surface area contributed by atoms with Gasteiger partial charge in [-0.2, -0.15) is 0 Å². The Morgan fingerprint density at radius 2 is 1.53 bits per heavy atom. The Morgan fingerprint density at radius 3 is 1.89 bits per heavy atom. The molecule has 0 aromatic heterocycles. The van der Waals surface area contributed by atoms with Crippen LogP contribution in [0.5, 0.6) is 5.75 Å². The molecule has 0 radical (unpaired) electrons. The minimum absolute atomic E-state index is 0.371. The average Bonchev–Trinajstić information content (AvgIpc) is 2.38. The van der Waals surface area contributed by atoms with Gasteiger partial charge >= 0.3 is 0 Å². The lowest BCUT2D eigenvalue weighted by molar-refractivity contribution is 0.327. The smallest absolute Gasteiger partial charge is 0.119 e. The highest BCUT2D eigenvalue weighted by molar-refractivity contribution is 5.43. The fourth-order valence-electron chi connectivity index (χ4n) is 2.97. The molecule has 0 aliphatic carbocycles. The van der Waals surface area contributed by atoms with Crippen molar-refractivity contribution in [3.63, 3.8) is 0 Å². The number of ether oxygens (including phenoxy) is 1. The van der Waals surface area contributed by atoms with Crippen molar-refractivity contribution in [3.8, 4) is 5.75 Å². The molecule has 1 aromatic carbocycles. The van der Waals surface area contributed by atoms with E-state index in [-0.39, 0.29) is 0 Å². The topological polar surface area (TPSA) is 61.3 Å². The monoisotopic (exact) mass is 264 g/mol. The van der Waals surface area contributed by atoms with Crippen LogP contribution in [0.25, 0.3) is 0 Å². The van der Waals surface area contributed by atoms with E-state index in [2.05, 4.69) is 39.8 Å². The predicted octanol–water partition coefficient (Wildman–Crippen LogP) is 2.59. The first-order valence-electron chi connectivity index (χ1n) is 7.01. The van der Waals surface area contributed by atoms with Crippen LogP contribution in [0.15, 0.2) is 12.1 Å². The van der Waals surface area contributed by atoms with Crippen molar-refractivity contribution in [1.82, 2.24) is 0 Å². The summed E-state index contributed by atoms with van der Waals surface area (Å²) in [6, 6.07) is 4.21. The summed E-state index contributed by atoms with van der Waals surface area (Å²) < 4.78 is 5.32. The van der Waals surface area contributed by atoms with Gasteiger partial charge in [-0.05, 0) is 73.5 Å². The summed E-state index contributed by atoms with van der Waals surface area (Å²) in [6.07, 6.45) is 0. The fourth-order valence-corrected chi connectivity index (χ4v) is 2.97. The molecule has 3 nitrogen and oxygen atoms in total. The van der Waals surface area contributed by atoms with E-state index < -0.39 is 0 Å². The van der Waals surface area contributed by atoms with E-state index >= 15 is 0 Å². The summed E-state index contributed by atoms with van der Waals surface area (Å²) >= 11 is 0. The number of hydrogen-bond acceptors (Lipinski definition) is 3. The highest BCUT2D eigenvalue weighted by atomic mass is 16.5. The van der Waals surface area contributed by atoms with E-state index in [1.54, 1.807) is 7.11 Å². The van der Waals surface area contributed by atoms with Crippen molar-refractivity contribution in [2.75, 3.05) is 20.2 Å². The molecule has 0 aliphatic rings. The molecule has 4 N–H and O–H groups in total. The molecule has 0 spiro atoms. The van der Waals surface area contributed by atoms with Crippen LogP contribution >= 0.6 is 0 Å². The normalized spacial score (nSPS) is 14.5. The molecular weight excluding hydrogens is 236 g/mol. The molecule has 0 fully saturated rings. The van der Waals surface area contributed by atoms with Gasteiger partial charge in [-0.1, -0.05) is 13.8 Å². The summed E-state index contributed by atoms with van der Waals surface area (Å²) in [5.74, 6) is 2.22. The minimum Gasteiger partial charge on any atom is -0.497 e. The maximum absolute atomic E-state index is 5.82. The Bertz CT molecular complexity index is 390. The van der Waals surface area contributed by atoms with Gasteiger partial charge < -0.3 is 16.2 Å². The Kier molecular flexibility index (Phi) is 5.83. The second-order valence-corrected chi connectivity index (χ2v) is 5.55. The van der Waals surface area contributed by atoms with Gasteiger partial charge in [0, 0.05) is 0 Å². The summed E-state index contributed by atoms with van der Waals surface area (Å²) in [5.41, 5.74) is 15.6. The maximum Gasteiger partial charge on any atom is 0.119 e. The molecule has 1 aromatic rings. The first-order valence-corrected chi connectivity index (χ1v) is 7.01. The van der Waals surface area contributed by atoms with Crippen molar-refractivity contribution in [2.24, 2.45) is 23.3 Å². The molecule has 0 saturated carbocycles. The molecule has 3 heteroatoms. The zero-order valence-corrected chi connectivity index (χ0v) is 12.9. The van der Waals surface area contributed by atoms with Gasteiger partial charge in [0.1, 0.15) is 5.75 Å². The lowest BCUT2D eigenvalue weighted by atomic mass is 9.77. The maximum atomic E-state index is 5.82. The average molecular weight is 264 g/mol. The summed E-state index contributed by atoms with van der Waals surface area (Å²) in [4.78, 5) is 0. The quantitative estimate of drug-likeness (QED) is 0.830. The zero-order valence-electron chi connectivity index (χ0n) is 12.9. The van der Waals surface area contributed by atoms with Crippen molar-refractivity contribution in [2.45, 2.75) is 33.6 Å². The molecule has 0 saturated heterocycles. The Morgan fingerprint density at radius 1 is 1.05 bits per heavy atom. The third-order valence-corrected chi connectivity index (χ3v) is 4.40. The van der Waals surface area contributed by atoms with E-state index in [0.717, 1.165) is 5.75 Å². The van der Waals surface area contributed by atoms with Crippen molar-refractivity contribution < 1.29 is 4.74 Å². The van der Waals surface area contributed by atoms with Gasteiger partial charge in [0.05, 0.1) is 7.11 Å². The standard InChI is InChI=1S/C16H28N2O/c1-10-6-15(19-5)7-11(2)16(10)13(4)12(3)14(8-17)9-18/h6-7,12-14H,8-9,17-18H2,1-5H3. The van der Waals surface area contributed by atoms with Crippen molar-refractivity contribution in [1.29, 1.82) is 0 Å². The Labute approximate surface area is 117 Å². The lowest BCUT2D eigenvalue weighted by Gasteiger charge is -2.29. The molecule has 0 amide bonds. The van der Waals surface area contributed by atoms with Gasteiger partial charge in [-0.3, -0.25) is 0 Å². The first kappa shape index (κ1) is 16.0. The number of nitrogens with two attached hydrogens (primary N) is 2. The number of rotatable bonds is 6. The van der Waals surface area contributed by atoms with E-state index in [1.807, 2.05) is 0 Å². The highest BCUT2D eigenvalue weighted by Gasteiger charge is 2.24. The number of methoxy groups -OCH3 is 1. The van der Waals surface area contributed by atoms with Crippen LogP contribution in [-0.2, 0) is 0 Å². The van der Waals surface area contributed by atoms with Gasteiger partial charge in [0.25, 0.3) is 0 Å². The van der Waals surface area contributed by atoms with Gasteiger partial charge in [0.15, 0.2) is 0 Å². The lowest BCUT2D eigenvalue weighted by Crippen LogP contribution is -2.32. The number of aryl methyl sites for hydroxylation is 2. The first-order chi connectivity index (χ1) is 8.96. The number of hydrogen-bond donors (Lipinski definition) is 2. The van der Waals surface area contributed by atoms with E-state index in [0.29, 0.717) is 30.8 Å². The molecule has 108 valence electrons. The van der Waals surface area contributed by atoms with Crippen molar-refractivity contribution in [3.05, 3.63) is 28.8 Å². The fraction of sp³-hybridized carbons (Fsp3) is 0.625. The molecule has 0 aliphatic heterocycles. The Hall–Kier alpha value is -1.06. The van der Waals surface area contributed by atoms with Crippen LogP contribution < -0.4 is 16.2 Å². The highest BCUT2D eigenvalue weighted by Crippen LogP contribution is 2.35. The summed E-state index contributed by atoms with van der Waals surface area (Å²) in [7, 11) is 1.71. The van der Waals surface area contributed by atoms with E-state index in [1.165, 1.54) is 16.7 Å². The molecule has 2 unspecified atom stereocenters. The van der Waals surface area contributed by atoms with Crippen LogP contribution in [-0.4, -0.2) is 20.2 Å². The Balaban J connectivity index is 3.08. The molecule has 0 bridgehead atoms. The van der Waals surface area contributed by atoms with E-state index in [9.17, 15) is 0 Å². The van der Waals surface area contributed by atoms with Crippen LogP contribution in [0.2, 0.25) is 0 Å². The second-order valence-electron chi connectivity index (χ2n) is 5.55. The third-order valence-electron chi connectivity index (χ3n) is 4.40. The molecule has 19 heavy (non-hydrogen) atoms. The molecule has 0 heterocycles. The van der Waals surface area contributed by atoms with Crippen LogP contribution in [0.1, 0.15) is 36.5 Å². The van der Waals surface area contributed by atoms with Crippen LogP contribution in [0.3, 0.4) is 0 Å². The van der Waals surface area contributed by atoms with Crippen LogP contribution in [0, 0.1) is 25.7 Å². The van der Waals surface area contributed by atoms with E-state index in [4.69, 9.17) is 16.2 Å². The van der Waals surface area contributed by atoms with Crippen LogP contribution in [0.4, 0.5) is 0 Å². The van der Waals surface area contributed by atoms with Gasteiger partial charge in [-0.15, -0.1) is 0 Å². The molecule has 2 atom stereocenters.